The third-order valence-electron chi connectivity index (χ3n) is 4.53. The van der Waals surface area contributed by atoms with Crippen LogP contribution in [0.3, 0.4) is 0 Å². The van der Waals surface area contributed by atoms with E-state index in [0.717, 1.165) is 4.88 Å². The van der Waals surface area contributed by atoms with E-state index in [4.69, 9.17) is 16.3 Å². The molecule has 8 heteroatoms. The predicted octanol–water partition coefficient (Wildman–Crippen LogP) is 3.51. The van der Waals surface area contributed by atoms with Gasteiger partial charge in [-0.25, -0.2) is 9.79 Å². The van der Waals surface area contributed by atoms with E-state index >= 15 is 0 Å². The average molecular weight is 445 g/mol. The number of halogens is 1. The Kier molecular flexibility index (Phi) is 5.54. The number of esters is 1. The van der Waals surface area contributed by atoms with Crippen LogP contribution in [0.25, 0.3) is 6.08 Å². The molecular weight excluding hydrogens is 428 g/mol. The van der Waals surface area contributed by atoms with Gasteiger partial charge in [-0.2, -0.15) is 0 Å². The molecule has 3 aromatic rings. The average Bonchev–Trinajstić information content (AvgIpc) is 3.30. The molecule has 0 amide bonds. The molecule has 0 saturated carbocycles. The zero-order valence-corrected chi connectivity index (χ0v) is 18.1. The molecule has 1 aromatic carbocycles. The van der Waals surface area contributed by atoms with Crippen LogP contribution in [-0.2, 0) is 9.53 Å². The van der Waals surface area contributed by atoms with Gasteiger partial charge in [0.25, 0.3) is 5.56 Å². The van der Waals surface area contributed by atoms with Crippen molar-refractivity contribution in [1.29, 1.82) is 0 Å². The van der Waals surface area contributed by atoms with Crippen LogP contribution in [0.1, 0.15) is 30.3 Å². The van der Waals surface area contributed by atoms with Crippen molar-refractivity contribution in [1.82, 2.24) is 4.57 Å². The summed E-state index contributed by atoms with van der Waals surface area (Å²) < 4.78 is 7.38. The number of carbonyl (C=O) groups excluding carboxylic acids is 1. The highest BCUT2D eigenvalue weighted by molar-refractivity contribution is 7.11. The van der Waals surface area contributed by atoms with E-state index in [1.54, 1.807) is 35.8 Å². The minimum absolute atomic E-state index is 0.207. The van der Waals surface area contributed by atoms with Gasteiger partial charge in [0.15, 0.2) is 4.80 Å². The van der Waals surface area contributed by atoms with E-state index < -0.39 is 12.0 Å². The second-order valence-corrected chi connectivity index (χ2v) is 8.73. The van der Waals surface area contributed by atoms with E-state index in [0.29, 0.717) is 31.2 Å². The maximum Gasteiger partial charge on any atom is 0.338 e. The Labute approximate surface area is 179 Å². The number of carbonyl (C=O) groups is 1. The summed E-state index contributed by atoms with van der Waals surface area (Å²) >= 11 is 9.32. The number of thiazole rings is 1. The number of thiophene rings is 1. The summed E-state index contributed by atoms with van der Waals surface area (Å²) in [5.74, 6) is -0.494. The first kappa shape index (κ1) is 19.8. The quantitative estimate of drug-likeness (QED) is 0.578. The maximum absolute atomic E-state index is 13.3. The molecule has 0 bridgehead atoms. The number of fused-ring (bicyclic) bond motifs is 1. The lowest BCUT2D eigenvalue weighted by atomic mass is 9.96. The van der Waals surface area contributed by atoms with Crippen LogP contribution in [0.5, 0.6) is 0 Å². The van der Waals surface area contributed by atoms with E-state index in [2.05, 4.69) is 4.99 Å². The van der Waals surface area contributed by atoms with Gasteiger partial charge in [0.2, 0.25) is 0 Å². The lowest BCUT2D eigenvalue weighted by molar-refractivity contribution is -0.139. The van der Waals surface area contributed by atoms with Crippen molar-refractivity contribution in [3.63, 3.8) is 0 Å². The smallest absolute Gasteiger partial charge is 0.338 e. The molecule has 2 aromatic heterocycles. The molecule has 4 rings (SSSR count). The summed E-state index contributed by atoms with van der Waals surface area (Å²) in [5, 5.41) is 2.43. The first-order valence-corrected chi connectivity index (χ1v) is 11.1. The first-order valence-electron chi connectivity index (χ1n) is 8.99. The number of benzene rings is 1. The lowest BCUT2D eigenvalue weighted by Crippen LogP contribution is -2.40. The Hall–Kier alpha value is -2.48. The fourth-order valence-electron chi connectivity index (χ4n) is 3.29. The third-order valence-corrected chi connectivity index (χ3v) is 6.68. The van der Waals surface area contributed by atoms with Gasteiger partial charge in [0.1, 0.15) is 6.04 Å². The van der Waals surface area contributed by atoms with Gasteiger partial charge in [-0.05, 0) is 43.0 Å². The minimum Gasteiger partial charge on any atom is -0.463 e. The Morgan fingerprint density at radius 3 is 2.79 bits per heavy atom. The molecule has 0 spiro atoms. The zero-order chi connectivity index (χ0) is 20.5. The highest BCUT2D eigenvalue weighted by atomic mass is 35.5. The van der Waals surface area contributed by atoms with Crippen LogP contribution in [0.4, 0.5) is 0 Å². The zero-order valence-electron chi connectivity index (χ0n) is 15.7. The molecule has 0 fully saturated rings. The molecule has 0 aliphatic carbocycles. The molecule has 1 aliphatic rings. The van der Waals surface area contributed by atoms with Crippen molar-refractivity contribution in [2.45, 2.75) is 19.9 Å². The number of hydrogen-bond acceptors (Lipinski definition) is 6. The second-order valence-electron chi connectivity index (χ2n) is 6.34. The fraction of sp³-hybridized carbons (Fsp3) is 0.190. The van der Waals surface area contributed by atoms with Gasteiger partial charge in [-0.15, -0.1) is 11.3 Å². The normalized spacial score (nSPS) is 16.5. The molecule has 5 nitrogen and oxygen atoms in total. The van der Waals surface area contributed by atoms with Gasteiger partial charge < -0.3 is 4.74 Å². The van der Waals surface area contributed by atoms with Gasteiger partial charge in [-0.1, -0.05) is 47.2 Å². The molecule has 1 atom stereocenters. The van der Waals surface area contributed by atoms with Crippen molar-refractivity contribution in [2.75, 3.05) is 6.61 Å². The Balaban J connectivity index is 2.00. The summed E-state index contributed by atoms with van der Waals surface area (Å²) in [4.78, 5) is 32.2. The summed E-state index contributed by atoms with van der Waals surface area (Å²) in [6.07, 6.45) is 1.85. The number of rotatable bonds is 4. The second kappa shape index (κ2) is 8.10. The highest BCUT2D eigenvalue weighted by Crippen LogP contribution is 2.34. The molecule has 29 heavy (non-hydrogen) atoms. The van der Waals surface area contributed by atoms with E-state index in [1.165, 1.54) is 11.3 Å². The van der Waals surface area contributed by atoms with Crippen molar-refractivity contribution in [3.05, 3.63) is 88.2 Å². The molecule has 0 N–H and O–H groups in total. The Morgan fingerprint density at radius 1 is 1.31 bits per heavy atom. The van der Waals surface area contributed by atoms with Crippen LogP contribution in [0, 0.1) is 0 Å². The number of aromatic nitrogens is 1. The predicted molar refractivity (Wildman–Crippen MR) is 116 cm³/mol. The molecule has 0 unspecified atom stereocenters. The number of allylic oxidation sites excluding steroid dienone is 1. The van der Waals surface area contributed by atoms with Crippen LogP contribution < -0.4 is 14.9 Å². The summed E-state index contributed by atoms with van der Waals surface area (Å²) in [6, 6.07) is 10.4. The van der Waals surface area contributed by atoms with E-state index in [9.17, 15) is 9.59 Å². The SMILES string of the molecule is CCOC(=O)C1=C(C)N=c2s/c(=C\c3cccs3)c(=O)n2[C@@H]1c1ccccc1Cl. The summed E-state index contributed by atoms with van der Waals surface area (Å²) in [5.41, 5.74) is 1.31. The maximum atomic E-state index is 13.3. The minimum atomic E-state index is -0.690. The van der Waals surface area contributed by atoms with Crippen LogP contribution in [0.15, 0.2) is 62.8 Å². The molecule has 0 saturated heterocycles. The van der Waals surface area contributed by atoms with Crippen LogP contribution >= 0.6 is 34.3 Å². The lowest BCUT2D eigenvalue weighted by Gasteiger charge is -2.25. The molecule has 0 radical (unpaired) electrons. The Morgan fingerprint density at radius 2 is 2.10 bits per heavy atom. The van der Waals surface area contributed by atoms with Crippen LogP contribution in [0.2, 0.25) is 5.02 Å². The van der Waals surface area contributed by atoms with Gasteiger partial charge in [0.05, 0.1) is 22.4 Å². The van der Waals surface area contributed by atoms with Crippen molar-refractivity contribution < 1.29 is 9.53 Å². The van der Waals surface area contributed by atoms with Gasteiger partial charge in [0, 0.05) is 9.90 Å². The summed E-state index contributed by atoms with van der Waals surface area (Å²) in [6.45, 7) is 3.73. The fourth-order valence-corrected chi connectivity index (χ4v) is 5.29. The Bertz CT molecular complexity index is 1290. The monoisotopic (exact) mass is 444 g/mol. The topological polar surface area (TPSA) is 60.7 Å². The first-order chi connectivity index (χ1) is 14.0. The molecule has 1 aliphatic heterocycles. The summed E-state index contributed by atoms with van der Waals surface area (Å²) in [7, 11) is 0. The largest absolute Gasteiger partial charge is 0.463 e. The van der Waals surface area contributed by atoms with E-state index in [1.807, 2.05) is 41.8 Å². The van der Waals surface area contributed by atoms with Gasteiger partial charge >= 0.3 is 5.97 Å². The standard InChI is InChI=1S/C21H17ClN2O3S2/c1-3-27-20(26)17-12(2)23-21-24(18(17)14-8-4-5-9-15(14)22)19(25)16(29-21)11-13-7-6-10-28-13/h4-11,18H,3H2,1-2H3/b16-11-/t18-/m1/s1. The molecule has 3 heterocycles. The number of hydrogen-bond donors (Lipinski definition) is 0. The van der Waals surface area contributed by atoms with Crippen LogP contribution in [-0.4, -0.2) is 17.1 Å². The third kappa shape index (κ3) is 3.61. The van der Waals surface area contributed by atoms with Gasteiger partial charge in [-0.3, -0.25) is 9.36 Å². The number of nitrogens with zero attached hydrogens (tertiary/aromatic N) is 2. The highest BCUT2D eigenvalue weighted by Gasteiger charge is 2.34. The number of ether oxygens (including phenoxy) is 1. The van der Waals surface area contributed by atoms with E-state index in [-0.39, 0.29) is 12.2 Å². The molecular formula is C21H17ClN2O3S2. The van der Waals surface area contributed by atoms with Crippen molar-refractivity contribution >= 4 is 46.3 Å². The molecule has 148 valence electrons. The van der Waals surface area contributed by atoms with Crippen molar-refractivity contribution in [2.24, 2.45) is 4.99 Å². The van der Waals surface area contributed by atoms with Crippen molar-refractivity contribution in [3.8, 4) is 0 Å².